The van der Waals surface area contributed by atoms with Gasteiger partial charge >= 0.3 is 0 Å². The van der Waals surface area contributed by atoms with Crippen molar-refractivity contribution >= 4 is 29.2 Å². The number of hydrogen-bond acceptors (Lipinski definition) is 7. The number of piperazine rings is 1. The molecule has 0 unspecified atom stereocenters. The number of nitrogen functional groups attached to an aromatic ring is 1. The lowest BCUT2D eigenvalue weighted by Crippen LogP contribution is -2.50. The molecular weight excluding hydrogens is 418 g/mol. The Morgan fingerprint density at radius 3 is 2.65 bits per heavy atom. The number of aryl methyl sites for hydroxylation is 2. The van der Waals surface area contributed by atoms with E-state index >= 15 is 0 Å². The molecule has 1 aromatic carbocycles. The minimum absolute atomic E-state index is 0.0902. The van der Waals surface area contributed by atoms with E-state index in [1.54, 1.807) is 4.52 Å². The summed E-state index contributed by atoms with van der Waals surface area (Å²) in [6.07, 6.45) is 0.288. The highest BCUT2D eigenvalue weighted by Crippen LogP contribution is 2.23. The summed E-state index contributed by atoms with van der Waals surface area (Å²) in [6, 6.07) is 7.46. The third-order valence-corrected chi connectivity index (χ3v) is 5.93. The quantitative estimate of drug-likeness (QED) is 0.619. The zero-order valence-electron chi connectivity index (χ0n) is 17.7. The van der Waals surface area contributed by atoms with Crippen molar-refractivity contribution in [2.45, 2.75) is 20.3 Å². The van der Waals surface area contributed by atoms with Gasteiger partial charge in [-0.25, -0.2) is 4.98 Å². The average Bonchev–Trinajstić information content (AvgIpc) is 3.13. The molecule has 0 atom stereocenters. The van der Waals surface area contributed by atoms with Crippen LogP contribution in [0.15, 0.2) is 24.3 Å². The van der Waals surface area contributed by atoms with Crippen LogP contribution in [-0.4, -0.2) is 74.6 Å². The summed E-state index contributed by atoms with van der Waals surface area (Å²) in [5.41, 5.74) is 8.18. The molecule has 1 amide bonds. The molecule has 1 aliphatic rings. The molecule has 1 saturated heterocycles. The third-order valence-electron chi connectivity index (χ3n) is 5.62. The summed E-state index contributed by atoms with van der Waals surface area (Å²) in [6.45, 7) is 8.15. The number of carbonyl (C=O) groups excluding carboxylic acids is 1. The van der Waals surface area contributed by atoms with Crippen molar-refractivity contribution in [1.82, 2.24) is 29.4 Å². The van der Waals surface area contributed by atoms with Crippen molar-refractivity contribution in [1.29, 1.82) is 0 Å². The minimum Gasteiger partial charge on any atom is -0.491 e. The molecule has 0 saturated carbocycles. The lowest BCUT2D eigenvalue weighted by Gasteiger charge is -2.34. The number of anilines is 1. The zero-order valence-corrected chi connectivity index (χ0v) is 18.5. The Kier molecular flexibility index (Phi) is 6.24. The molecule has 164 valence electrons. The second-order valence-electron chi connectivity index (χ2n) is 7.62. The van der Waals surface area contributed by atoms with Crippen molar-refractivity contribution < 1.29 is 9.53 Å². The molecule has 10 heteroatoms. The number of benzene rings is 1. The van der Waals surface area contributed by atoms with Crippen LogP contribution in [0.5, 0.6) is 5.75 Å². The van der Waals surface area contributed by atoms with Crippen molar-refractivity contribution in [3.63, 3.8) is 0 Å². The van der Waals surface area contributed by atoms with Crippen LogP contribution in [-0.2, 0) is 11.2 Å². The van der Waals surface area contributed by atoms with E-state index in [0.29, 0.717) is 36.2 Å². The Hall–Kier alpha value is -2.91. The Labute approximate surface area is 185 Å². The number of ether oxygens (including phenoxy) is 1. The molecule has 0 radical (unpaired) electrons. The van der Waals surface area contributed by atoms with Gasteiger partial charge in [0.25, 0.3) is 5.78 Å². The first-order chi connectivity index (χ1) is 14.9. The summed E-state index contributed by atoms with van der Waals surface area (Å²) in [5.74, 6) is 1.42. The standard InChI is InChI=1S/C21H26ClN7O2/c1-14-16(15(2)29-21(24-14)25-20(23)26-29)13-19(30)28-9-7-27(8-10-28)11-12-31-18-6-4-3-5-17(18)22/h3-6H,7-13H2,1-2H3,(H2,23,26). The van der Waals surface area contributed by atoms with Gasteiger partial charge in [-0.2, -0.15) is 9.50 Å². The molecule has 4 rings (SSSR count). The Morgan fingerprint density at radius 2 is 1.90 bits per heavy atom. The van der Waals surface area contributed by atoms with Crippen LogP contribution >= 0.6 is 11.6 Å². The number of hydrogen-bond donors (Lipinski definition) is 1. The molecule has 2 N–H and O–H groups in total. The molecular formula is C21H26ClN7O2. The molecule has 9 nitrogen and oxygen atoms in total. The average molecular weight is 444 g/mol. The molecule has 0 bridgehead atoms. The number of para-hydroxylation sites is 1. The van der Waals surface area contributed by atoms with Crippen LogP contribution < -0.4 is 10.5 Å². The van der Waals surface area contributed by atoms with Gasteiger partial charge in [0.2, 0.25) is 11.9 Å². The Balaban J connectivity index is 1.30. The minimum atomic E-state index is 0.0902. The second-order valence-corrected chi connectivity index (χ2v) is 8.03. The molecule has 3 aromatic rings. The highest BCUT2D eigenvalue weighted by molar-refractivity contribution is 6.32. The first-order valence-corrected chi connectivity index (χ1v) is 10.7. The number of fused-ring (bicyclic) bond motifs is 1. The van der Waals surface area contributed by atoms with Gasteiger partial charge in [0.1, 0.15) is 12.4 Å². The maximum Gasteiger partial charge on any atom is 0.254 e. The first-order valence-electron chi connectivity index (χ1n) is 10.3. The molecule has 1 fully saturated rings. The van der Waals surface area contributed by atoms with Gasteiger partial charge in [-0.05, 0) is 26.0 Å². The molecule has 1 aliphatic heterocycles. The number of halogens is 1. The largest absolute Gasteiger partial charge is 0.491 e. The smallest absolute Gasteiger partial charge is 0.254 e. The predicted molar refractivity (Wildman–Crippen MR) is 118 cm³/mol. The molecule has 0 spiro atoms. The topological polar surface area (TPSA) is 102 Å². The van der Waals surface area contributed by atoms with Gasteiger partial charge in [0.15, 0.2) is 0 Å². The number of nitrogens with zero attached hydrogens (tertiary/aromatic N) is 6. The molecule has 2 aromatic heterocycles. The fourth-order valence-electron chi connectivity index (χ4n) is 3.81. The van der Waals surface area contributed by atoms with Crippen LogP contribution in [0, 0.1) is 13.8 Å². The number of rotatable bonds is 6. The fraction of sp³-hybridized carbons (Fsp3) is 0.429. The van der Waals surface area contributed by atoms with Crippen molar-refractivity contribution in [2.24, 2.45) is 0 Å². The van der Waals surface area contributed by atoms with E-state index in [0.717, 1.165) is 36.6 Å². The SMILES string of the molecule is Cc1nc2nc(N)nn2c(C)c1CC(=O)N1CCN(CCOc2ccccc2Cl)CC1. The van der Waals surface area contributed by atoms with Gasteiger partial charge < -0.3 is 15.4 Å². The second kappa shape index (κ2) is 9.07. The first kappa shape index (κ1) is 21.3. The lowest BCUT2D eigenvalue weighted by atomic mass is 10.1. The van der Waals surface area contributed by atoms with Crippen LogP contribution in [0.4, 0.5) is 5.95 Å². The van der Waals surface area contributed by atoms with E-state index in [4.69, 9.17) is 22.1 Å². The van der Waals surface area contributed by atoms with E-state index in [1.807, 2.05) is 43.0 Å². The maximum atomic E-state index is 12.9. The molecule has 31 heavy (non-hydrogen) atoms. The predicted octanol–water partition coefficient (Wildman–Crippen LogP) is 1.74. The summed E-state index contributed by atoms with van der Waals surface area (Å²) < 4.78 is 7.37. The van der Waals surface area contributed by atoms with Crippen molar-refractivity contribution in [2.75, 3.05) is 45.1 Å². The summed E-state index contributed by atoms with van der Waals surface area (Å²) in [7, 11) is 0. The third kappa shape index (κ3) is 4.72. The monoisotopic (exact) mass is 443 g/mol. The molecule has 3 heterocycles. The number of amides is 1. The lowest BCUT2D eigenvalue weighted by molar-refractivity contribution is -0.132. The van der Waals surface area contributed by atoms with Crippen LogP contribution in [0.25, 0.3) is 5.78 Å². The highest BCUT2D eigenvalue weighted by atomic mass is 35.5. The Morgan fingerprint density at radius 1 is 1.16 bits per heavy atom. The maximum absolute atomic E-state index is 12.9. The Bertz CT molecular complexity index is 1090. The van der Waals surface area contributed by atoms with Gasteiger partial charge in [-0.3, -0.25) is 9.69 Å². The highest BCUT2D eigenvalue weighted by Gasteiger charge is 2.23. The van der Waals surface area contributed by atoms with E-state index in [2.05, 4.69) is 20.0 Å². The normalized spacial score (nSPS) is 14.9. The van der Waals surface area contributed by atoms with Crippen LogP contribution in [0.2, 0.25) is 5.02 Å². The van der Waals surface area contributed by atoms with E-state index < -0.39 is 0 Å². The zero-order chi connectivity index (χ0) is 22.0. The van der Waals surface area contributed by atoms with E-state index in [-0.39, 0.29) is 18.3 Å². The number of nitrogens with two attached hydrogens (primary N) is 1. The summed E-state index contributed by atoms with van der Waals surface area (Å²) in [5, 5.41) is 4.78. The fourth-order valence-corrected chi connectivity index (χ4v) is 4.00. The summed E-state index contributed by atoms with van der Waals surface area (Å²) in [4.78, 5) is 25.7. The van der Waals surface area contributed by atoms with Gasteiger partial charge in [0, 0.05) is 49.7 Å². The van der Waals surface area contributed by atoms with Crippen molar-refractivity contribution in [3.05, 3.63) is 46.2 Å². The van der Waals surface area contributed by atoms with Gasteiger partial charge in [-0.1, -0.05) is 23.7 Å². The van der Waals surface area contributed by atoms with Crippen LogP contribution in [0.1, 0.15) is 17.0 Å². The van der Waals surface area contributed by atoms with E-state index in [1.165, 1.54) is 0 Å². The van der Waals surface area contributed by atoms with Crippen molar-refractivity contribution in [3.8, 4) is 5.75 Å². The van der Waals surface area contributed by atoms with Gasteiger partial charge in [-0.15, -0.1) is 5.10 Å². The number of carbonyl (C=O) groups is 1. The summed E-state index contributed by atoms with van der Waals surface area (Å²) >= 11 is 6.12. The van der Waals surface area contributed by atoms with Crippen LogP contribution in [0.3, 0.4) is 0 Å². The number of aromatic nitrogens is 4. The van der Waals surface area contributed by atoms with Gasteiger partial charge in [0.05, 0.1) is 11.4 Å². The van der Waals surface area contributed by atoms with E-state index in [9.17, 15) is 4.79 Å². The molecule has 0 aliphatic carbocycles.